The fraction of sp³-hybridized carbons (Fsp3) is 0.200. The summed E-state index contributed by atoms with van der Waals surface area (Å²) >= 11 is 1.58. The Hall–Kier alpha value is -3.05. The van der Waals surface area contributed by atoms with E-state index in [1.54, 1.807) is 18.0 Å². The lowest BCUT2D eigenvalue weighted by Crippen LogP contribution is -2.19. The summed E-state index contributed by atoms with van der Waals surface area (Å²) in [6.45, 7) is 4.71. The molecule has 0 spiro atoms. The highest BCUT2D eigenvalue weighted by Gasteiger charge is 2.02. The molecule has 0 aromatic heterocycles. The fourth-order valence-electron chi connectivity index (χ4n) is 3.02. The largest absolute Gasteiger partial charge is 0.489 e. The lowest BCUT2D eigenvalue weighted by Gasteiger charge is -2.06. The normalized spacial score (nSPS) is 10.9. The number of carbonyl (C=O) groups is 1. The molecule has 0 radical (unpaired) electrons. The molecule has 0 aliphatic rings. The minimum atomic E-state index is -0.108. The predicted molar refractivity (Wildman–Crippen MR) is 125 cm³/mol. The second-order valence-electron chi connectivity index (χ2n) is 7.13. The average Bonchev–Trinajstić information content (AvgIpc) is 2.73. The van der Waals surface area contributed by atoms with E-state index in [4.69, 9.17) is 4.74 Å². The molecule has 0 saturated carbocycles. The van der Waals surface area contributed by atoms with Crippen LogP contribution in [0.15, 0.2) is 77.9 Å². The lowest BCUT2D eigenvalue weighted by atomic mass is 10.1. The average molecular weight is 419 g/mol. The van der Waals surface area contributed by atoms with Crippen molar-refractivity contribution < 1.29 is 9.53 Å². The van der Waals surface area contributed by atoms with Gasteiger partial charge in [0.05, 0.1) is 12.0 Å². The first-order chi connectivity index (χ1) is 14.6. The predicted octanol–water partition coefficient (Wildman–Crippen LogP) is 5.27. The maximum atomic E-state index is 12.0. The number of amides is 1. The molecule has 3 rings (SSSR count). The first-order valence-electron chi connectivity index (χ1n) is 9.82. The molecule has 1 N–H and O–H groups in total. The molecule has 0 saturated heterocycles. The summed E-state index contributed by atoms with van der Waals surface area (Å²) in [4.78, 5) is 12.0. The number of hydrogen-bond donors (Lipinski definition) is 1. The SMILES string of the molecule is Cc1cc(C)cc(CSCC(=O)N/N=C\c2ccc(OCc3ccccc3)cc2)c1. The number of nitrogens with zero attached hydrogens (tertiary/aromatic N) is 1. The Morgan fingerprint density at radius 2 is 1.67 bits per heavy atom. The van der Waals surface area contributed by atoms with Crippen molar-refractivity contribution in [2.45, 2.75) is 26.2 Å². The molecule has 0 aliphatic carbocycles. The van der Waals surface area contributed by atoms with Gasteiger partial charge in [0.15, 0.2) is 0 Å². The van der Waals surface area contributed by atoms with Gasteiger partial charge in [0.1, 0.15) is 12.4 Å². The van der Waals surface area contributed by atoms with Crippen LogP contribution in [0.3, 0.4) is 0 Å². The smallest absolute Gasteiger partial charge is 0.250 e. The topological polar surface area (TPSA) is 50.7 Å². The van der Waals surface area contributed by atoms with E-state index in [9.17, 15) is 4.79 Å². The number of nitrogens with one attached hydrogen (secondary N) is 1. The molecule has 0 unspecified atom stereocenters. The molecule has 1 amide bonds. The van der Waals surface area contributed by atoms with Crippen LogP contribution in [0.5, 0.6) is 5.75 Å². The van der Waals surface area contributed by atoms with Gasteiger partial charge < -0.3 is 4.74 Å². The third-order valence-corrected chi connectivity index (χ3v) is 5.32. The van der Waals surface area contributed by atoms with Crippen LogP contribution in [0.4, 0.5) is 0 Å². The van der Waals surface area contributed by atoms with E-state index in [1.807, 2.05) is 54.6 Å². The molecule has 5 heteroatoms. The Morgan fingerprint density at radius 1 is 0.967 bits per heavy atom. The molecule has 0 atom stereocenters. The summed E-state index contributed by atoms with van der Waals surface area (Å²) < 4.78 is 5.77. The lowest BCUT2D eigenvalue weighted by molar-refractivity contribution is -0.118. The van der Waals surface area contributed by atoms with E-state index in [0.29, 0.717) is 12.4 Å². The fourth-order valence-corrected chi connectivity index (χ4v) is 3.77. The Morgan fingerprint density at radius 3 is 2.37 bits per heavy atom. The minimum absolute atomic E-state index is 0.108. The van der Waals surface area contributed by atoms with Gasteiger partial charge in [-0.2, -0.15) is 5.10 Å². The zero-order chi connectivity index (χ0) is 21.2. The number of benzene rings is 3. The highest BCUT2D eigenvalue weighted by molar-refractivity contribution is 7.99. The maximum Gasteiger partial charge on any atom is 0.250 e. The van der Waals surface area contributed by atoms with Crippen molar-refractivity contribution in [1.29, 1.82) is 0 Å². The third kappa shape index (κ3) is 7.41. The van der Waals surface area contributed by atoms with Crippen molar-refractivity contribution in [1.82, 2.24) is 5.43 Å². The third-order valence-electron chi connectivity index (χ3n) is 4.31. The molecule has 0 fully saturated rings. The number of ether oxygens (including phenoxy) is 1. The van der Waals surface area contributed by atoms with Crippen LogP contribution < -0.4 is 10.2 Å². The van der Waals surface area contributed by atoms with Crippen molar-refractivity contribution in [2.24, 2.45) is 5.10 Å². The highest BCUT2D eigenvalue weighted by Crippen LogP contribution is 2.16. The molecule has 30 heavy (non-hydrogen) atoms. The Kier molecular flexibility index (Phi) is 8.10. The molecular weight excluding hydrogens is 392 g/mol. The number of rotatable bonds is 9. The summed E-state index contributed by atoms with van der Waals surface area (Å²) in [5, 5.41) is 4.04. The Balaban J connectivity index is 1.38. The second-order valence-corrected chi connectivity index (χ2v) is 8.11. The van der Waals surface area contributed by atoms with Gasteiger partial charge in [-0.3, -0.25) is 4.79 Å². The van der Waals surface area contributed by atoms with Gasteiger partial charge in [0, 0.05) is 5.75 Å². The van der Waals surface area contributed by atoms with Crippen LogP contribution >= 0.6 is 11.8 Å². The van der Waals surface area contributed by atoms with E-state index in [1.165, 1.54) is 16.7 Å². The van der Waals surface area contributed by atoms with Crippen molar-refractivity contribution >= 4 is 23.9 Å². The van der Waals surface area contributed by atoms with Crippen molar-refractivity contribution in [3.8, 4) is 5.75 Å². The molecule has 4 nitrogen and oxygen atoms in total. The molecule has 0 aliphatic heterocycles. The van der Waals surface area contributed by atoms with E-state index in [0.717, 1.165) is 22.6 Å². The Bertz CT molecular complexity index is 966. The van der Waals surface area contributed by atoms with Gasteiger partial charge in [-0.25, -0.2) is 5.43 Å². The maximum absolute atomic E-state index is 12.0. The number of thioether (sulfide) groups is 1. The molecule has 0 heterocycles. The summed E-state index contributed by atoms with van der Waals surface area (Å²) in [5.41, 5.74) is 8.33. The van der Waals surface area contributed by atoms with Gasteiger partial charge in [0.2, 0.25) is 5.91 Å². The van der Waals surface area contributed by atoms with E-state index in [2.05, 4.69) is 42.6 Å². The highest BCUT2D eigenvalue weighted by atomic mass is 32.2. The van der Waals surface area contributed by atoms with Crippen molar-refractivity contribution in [3.63, 3.8) is 0 Å². The summed E-state index contributed by atoms with van der Waals surface area (Å²) in [7, 11) is 0. The van der Waals surface area contributed by atoms with Gasteiger partial charge in [0.25, 0.3) is 0 Å². The van der Waals surface area contributed by atoms with Crippen LogP contribution in [0.2, 0.25) is 0 Å². The van der Waals surface area contributed by atoms with Gasteiger partial charge in [-0.15, -0.1) is 11.8 Å². The first kappa shape index (κ1) is 21.7. The van der Waals surface area contributed by atoms with Crippen LogP contribution in [0, 0.1) is 13.8 Å². The molecule has 154 valence electrons. The van der Waals surface area contributed by atoms with Crippen molar-refractivity contribution in [2.75, 3.05) is 5.75 Å². The quantitative estimate of drug-likeness (QED) is 0.381. The molecule has 3 aromatic carbocycles. The van der Waals surface area contributed by atoms with Crippen LogP contribution in [-0.2, 0) is 17.2 Å². The van der Waals surface area contributed by atoms with Crippen LogP contribution in [0.1, 0.15) is 27.8 Å². The van der Waals surface area contributed by atoms with Crippen LogP contribution in [0.25, 0.3) is 0 Å². The molecule has 3 aromatic rings. The van der Waals surface area contributed by atoms with E-state index >= 15 is 0 Å². The Labute approximate surface area is 182 Å². The minimum Gasteiger partial charge on any atom is -0.489 e. The number of carbonyl (C=O) groups excluding carboxylic acids is 1. The molecule has 0 bridgehead atoms. The van der Waals surface area contributed by atoms with Gasteiger partial charge in [-0.1, -0.05) is 59.7 Å². The zero-order valence-electron chi connectivity index (χ0n) is 17.3. The van der Waals surface area contributed by atoms with Crippen molar-refractivity contribution in [3.05, 3.63) is 101 Å². The van der Waals surface area contributed by atoms with Gasteiger partial charge >= 0.3 is 0 Å². The van der Waals surface area contributed by atoms with E-state index < -0.39 is 0 Å². The number of hydrogen-bond acceptors (Lipinski definition) is 4. The number of hydrazone groups is 1. The summed E-state index contributed by atoms with van der Waals surface area (Å²) in [6.07, 6.45) is 1.63. The zero-order valence-corrected chi connectivity index (χ0v) is 18.1. The van der Waals surface area contributed by atoms with Crippen LogP contribution in [-0.4, -0.2) is 17.9 Å². The van der Waals surface area contributed by atoms with E-state index in [-0.39, 0.29) is 5.91 Å². The monoisotopic (exact) mass is 418 g/mol. The summed E-state index contributed by atoms with van der Waals surface area (Å²) in [6, 6.07) is 24.1. The number of aryl methyl sites for hydroxylation is 2. The first-order valence-corrected chi connectivity index (χ1v) is 11.0. The summed E-state index contributed by atoms with van der Waals surface area (Å²) in [5.74, 6) is 1.87. The molecular formula is C25H26N2O2S. The second kappa shape index (κ2) is 11.2. The standard InChI is InChI=1S/C25H26N2O2S/c1-19-12-20(2)14-23(13-19)17-30-18-25(28)27-26-15-21-8-10-24(11-9-21)29-16-22-6-4-3-5-7-22/h3-15H,16-18H2,1-2H3,(H,27,28)/b26-15-. The van der Waals surface area contributed by atoms with Gasteiger partial charge in [-0.05, 0) is 54.8 Å².